The van der Waals surface area contributed by atoms with Crippen molar-refractivity contribution in [2.24, 2.45) is 11.8 Å². The van der Waals surface area contributed by atoms with Crippen LogP contribution in [0.1, 0.15) is 50.5 Å². The minimum absolute atomic E-state index is 0.0454. The molecule has 3 rings (SSSR count). The molecule has 0 spiro atoms. The Bertz CT molecular complexity index is 624. The van der Waals surface area contributed by atoms with Crippen molar-refractivity contribution in [3.8, 4) is 0 Å². The minimum Gasteiger partial charge on any atom is -0.353 e. The van der Waals surface area contributed by atoms with Gasteiger partial charge in [0.2, 0.25) is 11.8 Å². The Hall–Kier alpha value is -1.55. The van der Waals surface area contributed by atoms with Gasteiger partial charge in [-0.05, 0) is 43.9 Å². The van der Waals surface area contributed by atoms with E-state index in [1.165, 1.54) is 25.7 Å². The summed E-state index contributed by atoms with van der Waals surface area (Å²) >= 11 is 6.08. The molecule has 0 radical (unpaired) electrons. The van der Waals surface area contributed by atoms with E-state index in [9.17, 15) is 9.59 Å². The number of carbonyl (C=O) groups is 2. The van der Waals surface area contributed by atoms with Gasteiger partial charge < -0.3 is 10.6 Å². The molecular weight excluding hydrogens is 324 g/mol. The number of anilines is 1. The zero-order valence-corrected chi connectivity index (χ0v) is 14.9. The van der Waals surface area contributed by atoms with E-state index >= 15 is 0 Å². The Balaban J connectivity index is 1.49. The van der Waals surface area contributed by atoms with Crippen molar-refractivity contribution in [3.05, 3.63) is 28.8 Å². The molecule has 1 aromatic carbocycles. The van der Waals surface area contributed by atoms with Crippen molar-refractivity contribution in [1.29, 1.82) is 0 Å². The van der Waals surface area contributed by atoms with Gasteiger partial charge in [-0.1, -0.05) is 43.4 Å². The second kappa shape index (κ2) is 7.56. The summed E-state index contributed by atoms with van der Waals surface area (Å²) in [6, 6.07) is 5.75. The number of amides is 2. The smallest absolute Gasteiger partial charge is 0.228 e. The second-order valence-electron chi connectivity index (χ2n) is 7.10. The monoisotopic (exact) mass is 348 g/mol. The molecule has 2 atom stereocenters. The molecule has 130 valence electrons. The summed E-state index contributed by atoms with van der Waals surface area (Å²) in [5.74, 6) is -0.426. The molecule has 0 heterocycles. The summed E-state index contributed by atoms with van der Waals surface area (Å²) in [6.45, 7) is 1.92. The van der Waals surface area contributed by atoms with Gasteiger partial charge >= 0.3 is 0 Å². The summed E-state index contributed by atoms with van der Waals surface area (Å²) in [4.78, 5) is 24.6. The highest BCUT2D eigenvalue weighted by Gasteiger charge is 2.48. The van der Waals surface area contributed by atoms with Gasteiger partial charge in [0.1, 0.15) is 0 Å². The number of halogens is 1. The van der Waals surface area contributed by atoms with Crippen LogP contribution in [0, 0.1) is 18.8 Å². The first kappa shape index (κ1) is 17.3. The molecule has 2 aliphatic rings. The highest BCUT2D eigenvalue weighted by molar-refractivity contribution is 6.31. The molecule has 0 aromatic heterocycles. The van der Waals surface area contributed by atoms with Crippen molar-refractivity contribution in [2.75, 3.05) is 5.32 Å². The Labute approximate surface area is 148 Å². The third kappa shape index (κ3) is 4.29. The minimum atomic E-state index is -0.212. The van der Waals surface area contributed by atoms with Crippen LogP contribution in [-0.2, 0) is 9.59 Å². The predicted molar refractivity (Wildman–Crippen MR) is 96.0 cm³/mol. The molecule has 5 heteroatoms. The molecule has 2 fully saturated rings. The number of aryl methyl sites for hydroxylation is 1. The van der Waals surface area contributed by atoms with E-state index in [1.807, 2.05) is 19.1 Å². The molecule has 2 N–H and O–H groups in total. The van der Waals surface area contributed by atoms with Crippen molar-refractivity contribution in [1.82, 2.24) is 5.32 Å². The third-order valence-electron chi connectivity index (χ3n) is 5.10. The number of benzene rings is 1. The van der Waals surface area contributed by atoms with Gasteiger partial charge in [0.25, 0.3) is 0 Å². The van der Waals surface area contributed by atoms with E-state index in [0.29, 0.717) is 23.2 Å². The van der Waals surface area contributed by atoms with Crippen LogP contribution in [0.2, 0.25) is 5.02 Å². The topological polar surface area (TPSA) is 58.2 Å². The molecule has 2 amide bonds. The first-order chi connectivity index (χ1) is 11.5. The molecule has 4 nitrogen and oxygen atoms in total. The molecule has 0 aliphatic heterocycles. The van der Waals surface area contributed by atoms with Gasteiger partial charge in [0.05, 0.1) is 11.8 Å². The van der Waals surface area contributed by atoms with Crippen molar-refractivity contribution >= 4 is 29.1 Å². The second-order valence-corrected chi connectivity index (χ2v) is 7.51. The van der Waals surface area contributed by atoms with Gasteiger partial charge in [0, 0.05) is 16.8 Å². The molecule has 2 unspecified atom stereocenters. The first-order valence-corrected chi connectivity index (χ1v) is 9.30. The summed E-state index contributed by atoms with van der Waals surface area (Å²) < 4.78 is 0. The lowest BCUT2D eigenvalue weighted by Gasteiger charge is -2.16. The number of rotatable bonds is 4. The predicted octanol–water partition coefficient (Wildman–Crippen LogP) is 4.06. The zero-order valence-electron chi connectivity index (χ0n) is 14.1. The molecule has 1 aromatic rings. The lowest BCUT2D eigenvalue weighted by Crippen LogP contribution is -2.36. The van der Waals surface area contributed by atoms with Crippen LogP contribution >= 0.6 is 11.6 Å². The Morgan fingerprint density at radius 1 is 1.04 bits per heavy atom. The molecule has 2 saturated carbocycles. The number of nitrogens with one attached hydrogen (secondary N) is 2. The van der Waals surface area contributed by atoms with Crippen LogP contribution in [0.25, 0.3) is 0 Å². The standard InChI is InChI=1S/C19H25ClN2O2/c1-12-8-9-14(10-17(12)20)22-19(24)16-11-15(16)18(23)21-13-6-4-2-3-5-7-13/h8-10,13,15-16H,2-7,11H2,1H3,(H,21,23)(H,22,24). The van der Waals surface area contributed by atoms with Gasteiger partial charge in [0.15, 0.2) is 0 Å². The highest BCUT2D eigenvalue weighted by atomic mass is 35.5. The molecule has 2 aliphatic carbocycles. The van der Waals surface area contributed by atoms with Crippen LogP contribution in [-0.4, -0.2) is 17.9 Å². The van der Waals surface area contributed by atoms with E-state index in [1.54, 1.807) is 6.07 Å². The van der Waals surface area contributed by atoms with Crippen molar-refractivity contribution in [3.63, 3.8) is 0 Å². The van der Waals surface area contributed by atoms with Gasteiger partial charge in [-0.15, -0.1) is 0 Å². The molecular formula is C19H25ClN2O2. The van der Waals surface area contributed by atoms with Crippen molar-refractivity contribution < 1.29 is 9.59 Å². The van der Waals surface area contributed by atoms with E-state index in [0.717, 1.165) is 18.4 Å². The largest absolute Gasteiger partial charge is 0.353 e. The van der Waals surface area contributed by atoms with E-state index in [4.69, 9.17) is 11.6 Å². The zero-order chi connectivity index (χ0) is 17.1. The van der Waals surface area contributed by atoms with Gasteiger partial charge in [-0.3, -0.25) is 9.59 Å². The fourth-order valence-electron chi connectivity index (χ4n) is 3.41. The normalized spacial score (nSPS) is 24.1. The average Bonchev–Trinajstić information content (AvgIpc) is 3.35. The van der Waals surface area contributed by atoms with Gasteiger partial charge in [-0.2, -0.15) is 0 Å². The van der Waals surface area contributed by atoms with Crippen LogP contribution in [0.4, 0.5) is 5.69 Å². The van der Waals surface area contributed by atoms with Crippen LogP contribution in [0.5, 0.6) is 0 Å². The summed E-state index contributed by atoms with van der Waals surface area (Å²) in [5.41, 5.74) is 1.66. The number of hydrogen-bond acceptors (Lipinski definition) is 2. The van der Waals surface area contributed by atoms with Gasteiger partial charge in [-0.25, -0.2) is 0 Å². The Kier molecular flexibility index (Phi) is 5.44. The van der Waals surface area contributed by atoms with Crippen LogP contribution in [0.3, 0.4) is 0 Å². The third-order valence-corrected chi connectivity index (χ3v) is 5.51. The molecule has 24 heavy (non-hydrogen) atoms. The maximum atomic E-state index is 12.3. The lowest BCUT2D eigenvalue weighted by atomic mass is 10.1. The SMILES string of the molecule is Cc1ccc(NC(=O)C2CC2C(=O)NC2CCCCCC2)cc1Cl. The molecule has 0 bridgehead atoms. The van der Waals surface area contributed by atoms with Crippen molar-refractivity contribution in [2.45, 2.75) is 57.9 Å². The quantitative estimate of drug-likeness (QED) is 0.806. The fourth-order valence-corrected chi connectivity index (χ4v) is 3.59. The summed E-state index contributed by atoms with van der Waals surface area (Å²) in [5, 5.41) is 6.64. The Morgan fingerprint density at radius 2 is 1.71 bits per heavy atom. The lowest BCUT2D eigenvalue weighted by molar-refractivity contribution is -0.125. The first-order valence-electron chi connectivity index (χ1n) is 8.92. The van der Waals surface area contributed by atoms with E-state index in [2.05, 4.69) is 10.6 Å². The van der Waals surface area contributed by atoms with Crippen LogP contribution < -0.4 is 10.6 Å². The summed E-state index contributed by atoms with van der Waals surface area (Å²) in [6.07, 6.45) is 7.68. The highest BCUT2D eigenvalue weighted by Crippen LogP contribution is 2.40. The fraction of sp³-hybridized carbons (Fsp3) is 0.579. The van der Waals surface area contributed by atoms with E-state index < -0.39 is 0 Å². The number of carbonyl (C=O) groups excluding carboxylic acids is 2. The molecule has 0 saturated heterocycles. The Morgan fingerprint density at radius 3 is 2.38 bits per heavy atom. The average molecular weight is 349 g/mol. The van der Waals surface area contributed by atoms with E-state index in [-0.39, 0.29) is 23.7 Å². The number of hydrogen-bond donors (Lipinski definition) is 2. The van der Waals surface area contributed by atoms with Crippen LogP contribution in [0.15, 0.2) is 18.2 Å². The summed E-state index contributed by atoms with van der Waals surface area (Å²) in [7, 11) is 0. The maximum absolute atomic E-state index is 12.3. The maximum Gasteiger partial charge on any atom is 0.228 e.